The summed E-state index contributed by atoms with van der Waals surface area (Å²) in [6.07, 6.45) is 0. The van der Waals surface area contributed by atoms with Gasteiger partial charge in [-0.05, 0) is 77.7 Å². The molecular weight excluding hydrogens is 342 g/mol. The maximum Gasteiger partial charge on any atom is 0.175 e. The molecule has 4 heteroatoms. The van der Waals surface area contributed by atoms with Gasteiger partial charge in [0.15, 0.2) is 11.5 Å². The van der Waals surface area contributed by atoms with Gasteiger partial charge >= 0.3 is 0 Å². The number of rotatable bonds is 6. The number of hydrogen-bond donors (Lipinski definition) is 1. The minimum absolute atomic E-state index is 0.606. The molecule has 3 nitrogen and oxygen atoms in total. The second kappa shape index (κ2) is 7.54. The highest BCUT2D eigenvalue weighted by atomic mass is 79.9. The van der Waals surface area contributed by atoms with Gasteiger partial charge in [0.1, 0.15) is 0 Å². The molecule has 0 aromatic heterocycles. The van der Waals surface area contributed by atoms with Crippen molar-refractivity contribution in [3.8, 4) is 11.5 Å². The van der Waals surface area contributed by atoms with Crippen molar-refractivity contribution in [3.63, 3.8) is 0 Å². The molecule has 0 heterocycles. The molecule has 0 amide bonds. The average molecular weight is 364 g/mol. The number of hydrogen-bond acceptors (Lipinski definition) is 3. The van der Waals surface area contributed by atoms with Crippen LogP contribution in [0, 0.1) is 13.8 Å². The zero-order valence-electron chi connectivity index (χ0n) is 13.5. The van der Waals surface area contributed by atoms with Crippen molar-refractivity contribution in [1.82, 2.24) is 0 Å². The summed E-state index contributed by atoms with van der Waals surface area (Å²) < 4.78 is 11.9. The van der Waals surface area contributed by atoms with E-state index in [4.69, 9.17) is 9.47 Å². The molecule has 0 saturated carbocycles. The first-order valence-corrected chi connectivity index (χ1v) is 8.14. The second-order valence-electron chi connectivity index (χ2n) is 5.19. The molecule has 0 bridgehead atoms. The summed E-state index contributed by atoms with van der Waals surface area (Å²) in [6.45, 7) is 7.53. The predicted molar refractivity (Wildman–Crippen MR) is 95.1 cm³/mol. The molecule has 2 rings (SSSR count). The van der Waals surface area contributed by atoms with E-state index in [1.54, 1.807) is 7.11 Å². The van der Waals surface area contributed by atoms with Crippen molar-refractivity contribution in [1.29, 1.82) is 0 Å². The van der Waals surface area contributed by atoms with Gasteiger partial charge in [-0.3, -0.25) is 0 Å². The van der Waals surface area contributed by atoms with Crippen LogP contribution in [0.5, 0.6) is 11.5 Å². The van der Waals surface area contributed by atoms with Crippen LogP contribution in [-0.2, 0) is 6.54 Å². The first kappa shape index (κ1) is 16.7. The molecule has 22 heavy (non-hydrogen) atoms. The average Bonchev–Trinajstić information content (AvgIpc) is 2.50. The number of methoxy groups -OCH3 is 1. The summed E-state index contributed by atoms with van der Waals surface area (Å²) in [5.74, 6) is 1.49. The van der Waals surface area contributed by atoms with E-state index in [9.17, 15) is 0 Å². The molecule has 0 fully saturated rings. The van der Waals surface area contributed by atoms with Gasteiger partial charge in [0.05, 0.1) is 18.2 Å². The largest absolute Gasteiger partial charge is 0.493 e. The summed E-state index contributed by atoms with van der Waals surface area (Å²) in [5, 5.41) is 3.44. The first-order valence-electron chi connectivity index (χ1n) is 7.35. The van der Waals surface area contributed by atoms with E-state index < -0.39 is 0 Å². The van der Waals surface area contributed by atoms with Crippen LogP contribution in [0.4, 0.5) is 5.69 Å². The van der Waals surface area contributed by atoms with Gasteiger partial charge in [-0.1, -0.05) is 6.07 Å². The Morgan fingerprint density at radius 1 is 1.09 bits per heavy atom. The number of aryl methyl sites for hydroxylation is 2. The van der Waals surface area contributed by atoms with Crippen molar-refractivity contribution in [3.05, 3.63) is 51.5 Å². The Morgan fingerprint density at radius 2 is 1.86 bits per heavy atom. The topological polar surface area (TPSA) is 30.5 Å². The van der Waals surface area contributed by atoms with E-state index in [-0.39, 0.29) is 0 Å². The minimum atomic E-state index is 0.606. The zero-order valence-corrected chi connectivity index (χ0v) is 15.1. The second-order valence-corrected chi connectivity index (χ2v) is 6.05. The van der Waals surface area contributed by atoms with E-state index in [1.165, 1.54) is 11.1 Å². The maximum absolute atomic E-state index is 5.61. The molecule has 2 aromatic rings. The van der Waals surface area contributed by atoms with E-state index in [0.29, 0.717) is 6.61 Å². The highest BCUT2D eigenvalue weighted by molar-refractivity contribution is 9.10. The zero-order chi connectivity index (χ0) is 16.1. The van der Waals surface area contributed by atoms with E-state index in [0.717, 1.165) is 33.8 Å². The van der Waals surface area contributed by atoms with Gasteiger partial charge in [-0.15, -0.1) is 0 Å². The Labute approximate surface area is 140 Å². The number of anilines is 1. The Bertz CT molecular complexity index is 656. The van der Waals surface area contributed by atoms with Crippen molar-refractivity contribution in [2.45, 2.75) is 27.3 Å². The van der Waals surface area contributed by atoms with Crippen LogP contribution in [0.25, 0.3) is 0 Å². The van der Waals surface area contributed by atoms with Crippen molar-refractivity contribution in [2.75, 3.05) is 19.0 Å². The standard InChI is InChI=1S/C18H22BrNO2/c1-5-22-18-16(19)9-14(10-17(18)21-4)11-20-15-7-6-12(2)13(3)8-15/h6-10,20H,5,11H2,1-4H3. The lowest BCUT2D eigenvalue weighted by Crippen LogP contribution is -2.02. The Hall–Kier alpha value is -1.68. The Kier molecular flexibility index (Phi) is 5.72. The molecule has 0 aliphatic heterocycles. The normalized spacial score (nSPS) is 10.4. The smallest absolute Gasteiger partial charge is 0.175 e. The van der Waals surface area contributed by atoms with Crippen LogP contribution in [0.2, 0.25) is 0 Å². The highest BCUT2D eigenvalue weighted by Gasteiger charge is 2.11. The van der Waals surface area contributed by atoms with Crippen LogP contribution in [-0.4, -0.2) is 13.7 Å². The number of halogens is 1. The third-order valence-electron chi connectivity index (χ3n) is 3.58. The van der Waals surface area contributed by atoms with E-state index in [2.05, 4.69) is 59.4 Å². The van der Waals surface area contributed by atoms with Crippen LogP contribution >= 0.6 is 15.9 Å². The number of nitrogens with one attached hydrogen (secondary N) is 1. The van der Waals surface area contributed by atoms with Crippen molar-refractivity contribution in [2.24, 2.45) is 0 Å². The summed E-state index contributed by atoms with van der Waals surface area (Å²) in [7, 11) is 1.66. The minimum Gasteiger partial charge on any atom is -0.493 e. The highest BCUT2D eigenvalue weighted by Crippen LogP contribution is 2.36. The van der Waals surface area contributed by atoms with Gasteiger partial charge in [0.2, 0.25) is 0 Å². The summed E-state index contributed by atoms with van der Waals surface area (Å²) in [6, 6.07) is 10.5. The van der Waals surface area contributed by atoms with Gasteiger partial charge in [-0.2, -0.15) is 0 Å². The third-order valence-corrected chi connectivity index (χ3v) is 4.17. The molecular formula is C18H22BrNO2. The third kappa shape index (κ3) is 3.95. The quantitative estimate of drug-likeness (QED) is 0.775. The summed E-state index contributed by atoms with van der Waals surface area (Å²) in [4.78, 5) is 0. The van der Waals surface area contributed by atoms with Crippen LogP contribution in [0.15, 0.2) is 34.8 Å². The fourth-order valence-electron chi connectivity index (χ4n) is 2.22. The van der Waals surface area contributed by atoms with E-state index in [1.807, 2.05) is 13.0 Å². The fraction of sp³-hybridized carbons (Fsp3) is 0.333. The summed E-state index contributed by atoms with van der Waals surface area (Å²) >= 11 is 3.55. The molecule has 0 radical (unpaired) electrons. The molecule has 0 aliphatic carbocycles. The predicted octanol–water partition coefficient (Wildman–Crippen LogP) is 5.09. The Balaban J connectivity index is 2.15. The SMILES string of the molecule is CCOc1c(Br)cc(CNc2ccc(C)c(C)c2)cc1OC. The lowest BCUT2D eigenvalue weighted by atomic mass is 10.1. The van der Waals surface area contributed by atoms with Crippen molar-refractivity contribution < 1.29 is 9.47 Å². The van der Waals surface area contributed by atoms with Gasteiger partial charge < -0.3 is 14.8 Å². The number of benzene rings is 2. The Morgan fingerprint density at radius 3 is 2.50 bits per heavy atom. The van der Waals surface area contributed by atoms with Crippen molar-refractivity contribution >= 4 is 21.6 Å². The molecule has 2 aromatic carbocycles. The molecule has 0 aliphatic rings. The van der Waals surface area contributed by atoms with Gasteiger partial charge in [0.25, 0.3) is 0 Å². The van der Waals surface area contributed by atoms with Crippen LogP contribution in [0.1, 0.15) is 23.6 Å². The van der Waals surface area contributed by atoms with Crippen LogP contribution < -0.4 is 14.8 Å². The molecule has 1 N–H and O–H groups in total. The van der Waals surface area contributed by atoms with Crippen LogP contribution in [0.3, 0.4) is 0 Å². The maximum atomic E-state index is 5.61. The molecule has 0 saturated heterocycles. The molecule has 0 atom stereocenters. The molecule has 0 unspecified atom stereocenters. The van der Waals surface area contributed by atoms with Gasteiger partial charge in [0, 0.05) is 12.2 Å². The summed E-state index contributed by atoms with van der Waals surface area (Å²) in [5.41, 5.74) is 4.84. The fourth-order valence-corrected chi connectivity index (χ4v) is 2.82. The molecule has 118 valence electrons. The molecule has 0 spiro atoms. The van der Waals surface area contributed by atoms with Gasteiger partial charge in [-0.25, -0.2) is 0 Å². The first-order chi connectivity index (χ1) is 10.5. The lowest BCUT2D eigenvalue weighted by Gasteiger charge is -2.14. The monoisotopic (exact) mass is 363 g/mol. The lowest BCUT2D eigenvalue weighted by molar-refractivity contribution is 0.308. The van der Waals surface area contributed by atoms with E-state index >= 15 is 0 Å². The number of ether oxygens (including phenoxy) is 2.